The van der Waals surface area contributed by atoms with Gasteiger partial charge in [0.05, 0.1) is 0 Å². The molecule has 0 unspecified atom stereocenters. The molecule has 3 heteroatoms. The number of anilines is 1. The summed E-state index contributed by atoms with van der Waals surface area (Å²) in [6.07, 6.45) is 1.19. The van der Waals surface area contributed by atoms with Gasteiger partial charge < -0.3 is 5.32 Å². The summed E-state index contributed by atoms with van der Waals surface area (Å²) in [7, 11) is 0. The number of rotatable bonds is 2. The quantitative estimate of drug-likeness (QED) is 0.844. The molecule has 1 N–H and O–H groups in total. The SMILES string of the molecule is c1cc2c(c(CN3CCSCC3)c1)NCC2. The third-order valence-corrected chi connectivity index (χ3v) is 4.37. The molecule has 0 amide bonds. The van der Waals surface area contributed by atoms with Crippen LogP contribution in [0.2, 0.25) is 0 Å². The van der Waals surface area contributed by atoms with Crippen LogP contribution in [0.25, 0.3) is 0 Å². The molecule has 0 saturated carbocycles. The molecule has 0 aliphatic carbocycles. The molecule has 2 aliphatic heterocycles. The van der Waals surface area contributed by atoms with E-state index < -0.39 is 0 Å². The van der Waals surface area contributed by atoms with Crippen molar-refractivity contribution in [1.82, 2.24) is 4.90 Å². The number of fused-ring (bicyclic) bond motifs is 1. The summed E-state index contributed by atoms with van der Waals surface area (Å²) in [6, 6.07) is 6.74. The lowest BCUT2D eigenvalue weighted by Gasteiger charge is -2.26. The summed E-state index contributed by atoms with van der Waals surface area (Å²) >= 11 is 2.08. The Balaban J connectivity index is 1.76. The predicted molar refractivity (Wildman–Crippen MR) is 71.2 cm³/mol. The number of benzene rings is 1. The molecule has 16 heavy (non-hydrogen) atoms. The summed E-state index contributed by atoms with van der Waals surface area (Å²) in [4.78, 5) is 2.58. The molecule has 3 rings (SSSR count). The summed E-state index contributed by atoms with van der Waals surface area (Å²) in [5.74, 6) is 2.59. The first-order valence-electron chi connectivity index (χ1n) is 6.08. The first-order valence-corrected chi connectivity index (χ1v) is 7.24. The molecule has 86 valence electrons. The zero-order chi connectivity index (χ0) is 10.8. The van der Waals surface area contributed by atoms with E-state index in [1.165, 1.54) is 47.8 Å². The smallest absolute Gasteiger partial charge is 0.0419 e. The Hall–Kier alpha value is -0.670. The highest BCUT2D eigenvalue weighted by Gasteiger charge is 2.16. The molecular weight excluding hydrogens is 216 g/mol. The van der Waals surface area contributed by atoms with Crippen LogP contribution < -0.4 is 5.32 Å². The number of nitrogens with zero attached hydrogens (tertiary/aromatic N) is 1. The number of thioether (sulfide) groups is 1. The Morgan fingerprint density at radius 2 is 2.12 bits per heavy atom. The third-order valence-electron chi connectivity index (χ3n) is 3.43. The average molecular weight is 234 g/mol. The summed E-state index contributed by atoms with van der Waals surface area (Å²) in [5, 5.41) is 3.53. The maximum Gasteiger partial charge on any atom is 0.0419 e. The van der Waals surface area contributed by atoms with Crippen LogP contribution >= 0.6 is 11.8 Å². The molecule has 0 bridgehead atoms. The van der Waals surface area contributed by atoms with Crippen LogP contribution in [0.3, 0.4) is 0 Å². The minimum atomic E-state index is 1.11. The lowest BCUT2D eigenvalue weighted by atomic mass is 10.1. The lowest BCUT2D eigenvalue weighted by molar-refractivity contribution is 0.295. The van der Waals surface area contributed by atoms with Gasteiger partial charge in [0.25, 0.3) is 0 Å². The maximum atomic E-state index is 3.53. The van der Waals surface area contributed by atoms with E-state index in [-0.39, 0.29) is 0 Å². The standard InChI is InChI=1S/C13H18N2S/c1-2-11-4-5-14-13(11)12(3-1)10-15-6-8-16-9-7-15/h1-3,14H,4-10H2. The van der Waals surface area contributed by atoms with Crippen molar-refractivity contribution < 1.29 is 0 Å². The van der Waals surface area contributed by atoms with Crippen LogP contribution in [0.4, 0.5) is 5.69 Å². The van der Waals surface area contributed by atoms with Crippen molar-refractivity contribution in [3.05, 3.63) is 29.3 Å². The van der Waals surface area contributed by atoms with Crippen LogP contribution in [0.1, 0.15) is 11.1 Å². The summed E-state index contributed by atoms with van der Waals surface area (Å²) in [6.45, 7) is 4.72. The third kappa shape index (κ3) is 2.06. The Bertz CT molecular complexity index is 372. The monoisotopic (exact) mass is 234 g/mol. The molecule has 1 aromatic rings. The van der Waals surface area contributed by atoms with Crippen molar-refractivity contribution in [2.24, 2.45) is 0 Å². The summed E-state index contributed by atoms with van der Waals surface area (Å²) < 4.78 is 0. The first kappa shape index (κ1) is 10.5. The Morgan fingerprint density at radius 1 is 1.25 bits per heavy atom. The van der Waals surface area contributed by atoms with E-state index >= 15 is 0 Å². The van der Waals surface area contributed by atoms with Gasteiger partial charge in [0, 0.05) is 43.4 Å². The molecule has 1 fully saturated rings. The van der Waals surface area contributed by atoms with Crippen LogP contribution in [0.5, 0.6) is 0 Å². The maximum absolute atomic E-state index is 3.53. The van der Waals surface area contributed by atoms with Crippen LogP contribution in [0, 0.1) is 0 Å². The first-order chi connectivity index (χ1) is 7.93. The van der Waals surface area contributed by atoms with Gasteiger partial charge in [-0.05, 0) is 17.5 Å². The van der Waals surface area contributed by atoms with Gasteiger partial charge in [-0.15, -0.1) is 0 Å². The fourth-order valence-corrected chi connectivity index (χ4v) is 3.52. The summed E-state index contributed by atoms with van der Waals surface area (Å²) in [5.41, 5.74) is 4.41. The Kier molecular flexibility index (Phi) is 3.06. The fourth-order valence-electron chi connectivity index (χ4n) is 2.54. The largest absolute Gasteiger partial charge is 0.384 e. The van der Waals surface area contributed by atoms with E-state index in [4.69, 9.17) is 0 Å². The molecule has 0 radical (unpaired) electrons. The molecule has 0 aromatic heterocycles. The molecule has 1 aromatic carbocycles. The van der Waals surface area contributed by atoms with E-state index in [1.54, 1.807) is 0 Å². The van der Waals surface area contributed by atoms with E-state index in [0.717, 1.165) is 13.1 Å². The number of nitrogens with one attached hydrogen (secondary N) is 1. The van der Waals surface area contributed by atoms with Gasteiger partial charge in [0.1, 0.15) is 0 Å². The molecule has 0 spiro atoms. The van der Waals surface area contributed by atoms with Crippen molar-refractivity contribution in [1.29, 1.82) is 0 Å². The van der Waals surface area contributed by atoms with Gasteiger partial charge in [0.2, 0.25) is 0 Å². The van der Waals surface area contributed by atoms with Gasteiger partial charge in [-0.25, -0.2) is 0 Å². The van der Waals surface area contributed by atoms with E-state index in [0.29, 0.717) is 0 Å². The number of para-hydroxylation sites is 1. The van der Waals surface area contributed by atoms with Gasteiger partial charge in [-0.1, -0.05) is 18.2 Å². The molecule has 2 nitrogen and oxygen atoms in total. The van der Waals surface area contributed by atoms with Crippen molar-refractivity contribution in [2.45, 2.75) is 13.0 Å². The Morgan fingerprint density at radius 3 is 3.00 bits per heavy atom. The van der Waals surface area contributed by atoms with Gasteiger partial charge in [-0.2, -0.15) is 11.8 Å². The van der Waals surface area contributed by atoms with Gasteiger partial charge in [-0.3, -0.25) is 4.90 Å². The van der Waals surface area contributed by atoms with Crippen molar-refractivity contribution in [3.8, 4) is 0 Å². The minimum Gasteiger partial charge on any atom is -0.384 e. The second kappa shape index (κ2) is 4.68. The highest BCUT2D eigenvalue weighted by molar-refractivity contribution is 7.99. The van der Waals surface area contributed by atoms with E-state index in [2.05, 4.69) is 40.2 Å². The second-order valence-corrected chi connectivity index (χ2v) is 5.74. The van der Waals surface area contributed by atoms with Crippen LogP contribution in [-0.4, -0.2) is 36.0 Å². The van der Waals surface area contributed by atoms with Crippen molar-refractivity contribution >= 4 is 17.4 Å². The number of hydrogen-bond donors (Lipinski definition) is 1. The molecule has 2 heterocycles. The second-order valence-electron chi connectivity index (χ2n) is 4.52. The van der Waals surface area contributed by atoms with Gasteiger partial charge in [0.15, 0.2) is 0 Å². The fraction of sp³-hybridized carbons (Fsp3) is 0.538. The predicted octanol–water partition coefficient (Wildman–Crippen LogP) is 2.20. The average Bonchev–Trinajstić information content (AvgIpc) is 2.80. The van der Waals surface area contributed by atoms with Crippen molar-refractivity contribution in [3.63, 3.8) is 0 Å². The molecular formula is C13H18N2S. The van der Waals surface area contributed by atoms with E-state index in [1.807, 2.05) is 0 Å². The van der Waals surface area contributed by atoms with Crippen LogP contribution in [0.15, 0.2) is 18.2 Å². The molecule has 0 atom stereocenters. The zero-order valence-electron chi connectivity index (χ0n) is 9.54. The molecule has 2 aliphatic rings. The highest BCUT2D eigenvalue weighted by Crippen LogP contribution is 2.27. The minimum absolute atomic E-state index is 1.11. The molecule has 1 saturated heterocycles. The van der Waals surface area contributed by atoms with Gasteiger partial charge >= 0.3 is 0 Å². The number of hydrogen-bond acceptors (Lipinski definition) is 3. The lowest BCUT2D eigenvalue weighted by Crippen LogP contribution is -2.32. The zero-order valence-corrected chi connectivity index (χ0v) is 10.4. The van der Waals surface area contributed by atoms with E-state index in [9.17, 15) is 0 Å². The topological polar surface area (TPSA) is 15.3 Å². The van der Waals surface area contributed by atoms with Crippen LogP contribution in [-0.2, 0) is 13.0 Å². The highest BCUT2D eigenvalue weighted by atomic mass is 32.2. The Labute approximate surface area is 101 Å². The van der Waals surface area contributed by atoms with Crippen molar-refractivity contribution in [2.75, 3.05) is 36.5 Å². The normalized spacial score (nSPS) is 20.5.